The number of carbonyl (C=O) groups is 1. The second-order valence-electron chi connectivity index (χ2n) is 8.07. The van der Waals surface area contributed by atoms with E-state index in [1.165, 1.54) is 31.4 Å². The highest BCUT2D eigenvalue weighted by Crippen LogP contribution is 2.39. The van der Waals surface area contributed by atoms with Gasteiger partial charge in [-0.05, 0) is 44.8 Å². The Morgan fingerprint density at radius 3 is 2.48 bits per heavy atom. The fraction of sp³-hybridized carbons (Fsp3) is 0.722. The minimum absolute atomic E-state index is 0.0984. The van der Waals surface area contributed by atoms with Crippen molar-refractivity contribution in [2.75, 3.05) is 14.1 Å². The zero-order chi connectivity index (χ0) is 15.3. The van der Waals surface area contributed by atoms with E-state index in [2.05, 4.69) is 43.6 Å². The van der Waals surface area contributed by atoms with Crippen molar-refractivity contribution in [2.45, 2.75) is 64.5 Å². The first kappa shape index (κ1) is 14.8. The molecule has 1 heterocycles. The summed E-state index contributed by atoms with van der Waals surface area (Å²) in [6.45, 7) is 5.45. The number of rotatable bonds is 3. The molecular weight excluding hydrogens is 260 g/mol. The normalized spacial score (nSPS) is 23.6. The quantitative estimate of drug-likeness (QED) is 0.850. The van der Waals surface area contributed by atoms with E-state index in [-0.39, 0.29) is 11.0 Å². The summed E-state index contributed by atoms with van der Waals surface area (Å²) in [7, 11) is 4.41. The summed E-state index contributed by atoms with van der Waals surface area (Å²) in [5, 5.41) is 0. The molecule has 2 aliphatic rings. The largest absolute Gasteiger partial charge is 0.349 e. The number of nitrogens with zero attached hydrogens (tertiary/aromatic N) is 2. The molecule has 0 aliphatic heterocycles. The summed E-state index contributed by atoms with van der Waals surface area (Å²) >= 11 is 0. The third-order valence-electron chi connectivity index (χ3n) is 5.61. The molecular formula is C18H28N2O. The van der Waals surface area contributed by atoms with Crippen molar-refractivity contribution in [1.29, 1.82) is 0 Å². The van der Waals surface area contributed by atoms with Crippen LogP contribution in [0, 0.1) is 5.41 Å². The Kier molecular flexibility index (Phi) is 3.52. The van der Waals surface area contributed by atoms with Crippen LogP contribution in [-0.4, -0.2) is 34.9 Å². The van der Waals surface area contributed by atoms with Gasteiger partial charge in [0, 0.05) is 36.0 Å². The van der Waals surface area contributed by atoms with E-state index in [4.69, 9.17) is 0 Å². The lowest BCUT2D eigenvalue weighted by atomic mass is 9.76. The number of Topliss-reactive ketones (excluding diaryl/α,β-unsaturated/α-hetero) is 1. The second kappa shape index (κ2) is 4.98. The van der Waals surface area contributed by atoms with Crippen LogP contribution in [0.15, 0.2) is 12.3 Å². The van der Waals surface area contributed by atoms with Crippen LogP contribution in [0.5, 0.6) is 0 Å². The van der Waals surface area contributed by atoms with Gasteiger partial charge in [0.1, 0.15) is 0 Å². The van der Waals surface area contributed by atoms with Crippen molar-refractivity contribution < 1.29 is 4.79 Å². The van der Waals surface area contributed by atoms with Crippen LogP contribution in [-0.2, 0) is 13.0 Å². The number of ketones is 1. The smallest absolute Gasteiger partial charge is 0.165 e. The van der Waals surface area contributed by atoms with Crippen molar-refractivity contribution in [2.24, 2.45) is 5.41 Å². The van der Waals surface area contributed by atoms with Gasteiger partial charge < -0.3 is 9.47 Å². The SMILES string of the molecule is CN(C)C1(Cn2ccc3c2CC(C)(C)CC3=O)CCCC1. The average Bonchev–Trinajstić information content (AvgIpc) is 2.97. The van der Waals surface area contributed by atoms with Crippen LogP contribution in [0.2, 0.25) is 0 Å². The Bertz CT molecular complexity index is 548. The van der Waals surface area contributed by atoms with Gasteiger partial charge in [-0.2, -0.15) is 0 Å². The van der Waals surface area contributed by atoms with Crippen molar-refractivity contribution in [1.82, 2.24) is 9.47 Å². The molecule has 1 aromatic heterocycles. The molecule has 0 spiro atoms. The number of hydrogen-bond acceptors (Lipinski definition) is 2. The van der Waals surface area contributed by atoms with Crippen LogP contribution in [0.25, 0.3) is 0 Å². The van der Waals surface area contributed by atoms with Crippen LogP contribution in [0.4, 0.5) is 0 Å². The van der Waals surface area contributed by atoms with Gasteiger partial charge in [-0.1, -0.05) is 26.7 Å². The van der Waals surface area contributed by atoms with E-state index in [1.807, 2.05) is 6.07 Å². The molecule has 1 aromatic rings. The van der Waals surface area contributed by atoms with E-state index in [9.17, 15) is 4.79 Å². The minimum atomic E-state index is 0.0984. The number of fused-ring (bicyclic) bond motifs is 1. The third kappa shape index (κ3) is 2.57. The molecule has 0 saturated heterocycles. The summed E-state index contributed by atoms with van der Waals surface area (Å²) in [5.74, 6) is 0.324. The van der Waals surface area contributed by atoms with Gasteiger partial charge in [-0.15, -0.1) is 0 Å². The Labute approximate surface area is 128 Å². The molecule has 21 heavy (non-hydrogen) atoms. The molecule has 1 fully saturated rings. The second-order valence-corrected chi connectivity index (χ2v) is 8.07. The molecule has 0 bridgehead atoms. The fourth-order valence-corrected chi connectivity index (χ4v) is 4.25. The van der Waals surface area contributed by atoms with Gasteiger partial charge in [-0.25, -0.2) is 0 Å². The molecule has 0 unspecified atom stereocenters. The standard InChI is InChI=1S/C18H28N2O/c1-17(2)11-15-14(16(21)12-17)7-10-20(15)13-18(19(3)4)8-5-6-9-18/h7,10H,5-6,8-9,11-13H2,1-4H3. The first-order valence-corrected chi connectivity index (χ1v) is 8.22. The predicted octanol–water partition coefficient (Wildman–Crippen LogP) is 3.52. The number of aromatic nitrogens is 1. The van der Waals surface area contributed by atoms with E-state index < -0.39 is 0 Å². The zero-order valence-electron chi connectivity index (χ0n) is 13.9. The van der Waals surface area contributed by atoms with Crippen molar-refractivity contribution >= 4 is 5.78 Å². The maximum Gasteiger partial charge on any atom is 0.165 e. The molecule has 0 radical (unpaired) electrons. The van der Waals surface area contributed by atoms with Gasteiger partial charge in [-0.3, -0.25) is 4.79 Å². The molecule has 116 valence electrons. The van der Waals surface area contributed by atoms with Gasteiger partial charge in [0.15, 0.2) is 5.78 Å². The maximum absolute atomic E-state index is 12.3. The van der Waals surface area contributed by atoms with Crippen LogP contribution in [0.1, 0.15) is 62.0 Å². The summed E-state index contributed by atoms with van der Waals surface area (Å²) in [4.78, 5) is 14.7. The predicted molar refractivity (Wildman–Crippen MR) is 85.8 cm³/mol. The highest BCUT2D eigenvalue weighted by Gasteiger charge is 2.38. The molecule has 0 aromatic carbocycles. The van der Waals surface area contributed by atoms with E-state index in [0.717, 1.165) is 18.5 Å². The highest BCUT2D eigenvalue weighted by molar-refractivity contribution is 5.98. The van der Waals surface area contributed by atoms with E-state index >= 15 is 0 Å². The molecule has 3 nitrogen and oxygen atoms in total. The number of hydrogen-bond donors (Lipinski definition) is 0. The Morgan fingerprint density at radius 2 is 1.86 bits per heavy atom. The average molecular weight is 288 g/mol. The molecule has 3 heteroatoms. The topological polar surface area (TPSA) is 25.2 Å². The number of likely N-dealkylation sites (N-methyl/N-ethyl adjacent to an activating group) is 1. The lowest BCUT2D eigenvalue weighted by Gasteiger charge is -2.38. The van der Waals surface area contributed by atoms with Gasteiger partial charge in [0.2, 0.25) is 0 Å². The van der Waals surface area contributed by atoms with Crippen molar-refractivity contribution in [3.8, 4) is 0 Å². The van der Waals surface area contributed by atoms with Gasteiger partial charge in [0.05, 0.1) is 0 Å². The highest BCUT2D eigenvalue weighted by atomic mass is 16.1. The summed E-state index contributed by atoms with van der Waals surface area (Å²) in [6, 6.07) is 2.05. The van der Waals surface area contributed by atoms with E-state index in [0.29, 0.717) is 12.2 Å². The summed E-state index contributed by atoms with van der Waals surface area (Å²) < 4.78 is 2.37. The Morgan fingerprint density at radius 1 is 1.19 bits per heavy atom. The molecule has 1 saturated carbocycles. The lowest BCUT2D eigenvalue weighted by Crippen LogP contribution is -2.45. The fourth-order valence-electron chi connectivity index (χ4n) is 4.25. The Balaban J connectivity index is 1.93. The van der Waals surface area contributed by atoms with Crippen molar-refractivity contribution in [3.05, 3.63) is 23.5 Å². The molecule has 2 aliphatic carbocycles. The van der Waals surface area contributed by atoms with Gasteiger partial charge in [0.25, 0.3) is 0 Å². The summed E-state index contributed by atoms with van der Waals surface area (Å²) in [5.41, 5.74) is 2.61. The monoisotopic (exact) mass is 288 g/mol. The zero-order valence-corrected chi connectivity index (χ0v) is 13.9. The minimum Gasteiger partial charge on any atom is -0.349 e. The molecule has 3 rings (SSSR count). The Hall–Kier alpha value is -1.09. The van der Waals surface area contributed by atoms with Crippen LogP contribution < -0.4 is 0 Å². The van der Waals surface area contributed by atoms with Gasteiger partial charge >= 0.3 is 0 Å². The summed E-state index contributed by atoms with van der Waals surface area (Å²) in [6.07, 6.45) is 9.04. The molecule has 0 atom stereocenters. The van der Waals surface area contributed by atoms with Crippen molar-refractivity contribution in [3.63, 3.8) is 0 Å². The van der Waals surface area contributed by atoms with Crippen LogP contribution >= 0.6 is 0 Å². The van der Waals surface area contributed by atoms with E-state index in [1.54, 1.807) is 0 Å². The lowest BCUT2D eigenvalue weighted by molar-refractivity contribution is 0.0905. The number of carbonyl (C=O) groups excluding carboxylic acids is 1. The van der Waals surface area contributed by atoms with Crippen LogP contribution in [0.3, 0.4) is 0 Å². The first-order chi connectivity index (χ1) is 9.83. The molecule has 0 amide bonds. The molecule has 0 N–H and O–H groups in total. The first-order valence-electron chi connectivity index (χ1n) is 8.22. The maximum atomic E-state index is 12.3. The third-order valence-corrected chi connectivity index (χ3v) is 5.61.